The number of ether oxygens (including phenoxy) is 1. The highest BCUT2D eigenvalue weighted by atomic mass is 16.5. The summed E-state index contributed by atoms with van der Waals surface area (Å²) in [6.07, 6.45) is 2.51. The van der Waals surface area contributed by atoms with E-state index in [9.17, 15) is 0 Å². The molecule has 0 fully saturated rings. The van der Waals surface area contributed by atoms with Crippen LogP contribution in [0.1, 0.15) is 38.0 Å². The summed E-state index contributed by atoms with van der Waals surface area (Å²) >= 11 is 0. The zero-order chi connectivity index (χ0) is 15.2. The topological polar surface area (TPSA) is 124 Å². The molecule has 9 nitrogen and oxygen atoms in total. The van der Waals surface area contributed by atoms with Crippen LogP contribution in [0, 0.1) is 6.92 Å². The number of oxazole rings is 1. The Morgan fingerprint density at radius 1 is 1.33 bits per heavy atom. The Morgan fingerprint density at radius 3 is 2.71 bits per heavy atom. The van der Waals surface area contributed by atoms with E-state index in [0.717, 1.165) is 12.2 Å². The molecule has 1 atom stereocenters. The lowest BCUT2D eigenvalue weighted by Gasteiger charge is -2.12. The SMILES string of the molecule is CCCOc1nc(NN)nc(NC(C)c2ncc(C)o2)n1. The van der Waals surface area contributed by atoms with Gasteiger partial charge in [-0.3, -0.25) is 5.43 Å². The van der Waals surface area contributed by atoms with Gasteiger partial charge in [0.25, 0.3) is 0 Å². The van der Waals surface area contributed by atoms with E-state index in [-0.39, 0.29) is 18.0 Å². The van der Waals surface area contributed by atoms with E-state index < -0.39 is 0 Å². The van der Waals surface area contributed by atoms with Crippen LogP contribution in [-0.4, -0.2) is 26.5 Å². The molecule has 9 heteroatoms. The standard InChI is InChI=1S/C12H19N7O2/c1-4-5-20-12-17-10(16-11(18-12)19-13)15-8(3)9-14-6-7(2)21-9/h6,8H,4-5,13H2,1-3H3,(H2,15,16,17,18,19). The van der Waals surface area contributed by atoms with E-state index >= 15 is 0 Å². The Kier molecular flexibility index (Phi) is 4.88. The molecule has 2 aromatic heterocycles. The maximum atomic E-state index is 5.45. The molecule has 2 heterocycles. The fourth-order valence-corrected chi connectivity index (χ4v) is 1.57. The fourth-order valence-electron chi connectivity index (χ4n) is 1.57. The Hall–Kier alpha value is -2.42. The summed E-state index contributed by atoms with van der Waals surface area (Å²) in [7, 11) is 0. The first-order valence-electron chi connectivity index (χ1n) is 6.66. The van der Waals surface area contributed by atoms with E-state index in [2.05, 4.69) is 30.7 Å². The number of hydrogen-bond acceptors (Lipinski definition) is 9. The molecule has 0 spiro atoms. The fraction of sp³-hybridized carbons (Fsp3) is 0.500. The maximum absolute atomic E-state index is 5.45. The summed E-state index contributed by atoms with van der Waals surface area (Å²) in [5.74, 6) is 7.18. The van der Waals surface area contributed by atoms with Crippen molar-refractivity contribution in [1.29, 1.82) is 0 Å². The summed E-state index contributed by atoms with van der Waals surface area (Å²) < 4.78 is 10.8. The highest BCUT2D eigenvalue weighted by molar-refractivity contribution is 5.36. The van der Waals surface area contributed by atoms with Crippen molar-refractivity contribution in [3.8, 4) is 6.01 Å². The van der Waals surface area contributed by atoms with Gasteiger partial charge in [0.2, 0.25) is 17.8 Å². The second-order valence-corrected chi connectivity index (χ2v) is 4.43. The second-order valence-electron chi connectivity index (χ2n) is 4.43. The maximum Gasteiger partial charge on any atom is 0.323 e. The monoisotopic (exact) mass is 293 g/mol. The number of nitrogens with zero attached hydrogens (tertiary/aromatic N) is 4. The van der Waals surface area contributed by atoms with Crippen molar-refractivity contribution in [2.75, 3.05) is 17.3 Å². The second kappa shape index (κ2) is 6.84. The van der Waals surface area contributed by atoms with Crippen molar-refractivity contribution < 1.29 is 9.15 Å². The minimum absolute atomic E-state index is 0.203. The molecule has 1 unspecified atom stereocenters. The predicted molar refractivity (Wildman–Crippen MR) is 76.7 cm³/mol. The van der Waals surface area contributed by atoms with Gasteiger partial charge in [-0.1, -0.05) is 6.92 Å². The van der Waals surface area contributed by atoms with Gasteiger partial charge < -0.3 is 14.5 Å². The molecule has 21 heavy (non-hydrogen) atoms. The smallest absolute Gasteiger partial charge is 0.323 e. The number of hydrogen-bond donors (Lipinski definition) is 3. The lowest BCUT2D eigenvalue weighted by molar-refractivity contribution is 0.292. The molecule has 0 aromatic carbocycles. The third kappa shape index (κ3) is 4.02. The summed E-state index contributed by atoms with van der Waals surface area (Å²) in [5.41, 5.74) is 2.38. The summed E-state index contributed by atoms with van der Waals surface area (Å²) in [5, 5.41) is 3.07. The number of anilines is 2. The van der Waals surface area contributed by atoms with Gasteiger partial charge in [0, 0.05) is 0 Å². The molecule has 0 aliphatic carbocycles. The lowest BCUT2D eigenvalue weighted by Crippen LogP contribution is -2.16. The molecule has 114 valence electrons. The van der Waals surface area contributed by atoms with E-state index in [0.29, 0.717) is 18.4 Å². The van der Waals surface area contributed by atoms with Crippen LogP contribution >= 0.6 is 0 Å². The van der Waals surface area contributed by atoms with Crippen molar-refractivity contribution in [2.24, 2.45) is 5.84 Å². The van der Waals surface area contributed by atoms with E-state index in [1.54, 1.807) is 6.20 Å². The molecule has 2 aromatic rings. The molecule has 0 aliphatic heterocycles. The first-order valence-corrected chi connectivity index (χ1v) is 6.66. The summed E-state index contributed by atoms with van der Waals surface area (Å²) in [4.78, 5) is 16.5. The third-order valence-electron chi connectivity index (χ3n) is 2.53. The molecule has 0 radical (unpaired) electrons. The van der Waals surface area contributed by atoms with Crippen molar-refractivity contribution in [1.82, 2.24) is 19.9 Å². The molecule has 0 aliphatic rings. The van der Waals surface area contributed by atoms with Crippen molar-refractivity contribution >= 4 is 11.9 Å². The number of nitrogens with two attached hydrogens (primary N) is 1. The van der Waals surface area contributed by atoms with Crippen LogP contribution in [0.2, 0.25) is 0 Å². The first-order chi connectivity index (χ1) is 10.1. The van der Waals surface area contributed by atoms with Gasteiger partial charge in [0.1, 0.15) is 11.8 Å². The minimum Gasteiger partial charge on any atom is -0.463 e. The largest absolute Gasteiger partial charge is 0.463 e. The molecule has 0 saturated carbocycles. The van der Waals surface area contributed by atoms with E-state index in [1.807, 2.05) is 20.8 Å². The van der Waals surface area contributed by atoms with Crippen LogP contribution in [0.25, 0.3) is 0 Å². The molecule has 4 N–H and O–H groups in total. The average Bonchev–Trinajstić information content (AvgIpc) is 2.91. The van der Waals surface area contributed by atoms with Crippen LogP contribution in [0.15, 0.2) is 10.6 Å². The Balaban J connectivity index is 2.14. The van der Waals surface area contributed by atoms with Crippen LogP contribution < -0.4 is 21.3 Å². The van der Waals surface area contributed by atoms with Crippen LogP contribution in [0.5, 0.6) is 6.01 Å². The van der Waals surface area contributed by atoms with Gasteiger partial charge >= 0.3 is 6.01 Å². The van der Waals surface area contributed by atoms with E-state index in [1.165, 1.54) is 0 Å². The number of nitrogen functional groups attached to an aromatic ring is 1. The number of aromatic nitrogens is 4. The quantitative estimate of drug-likeness (QED) is 0.513. The molecule has 2 rings (SSSR count). The van der Waals surface area contributed by atoms with Gasteiger partial charge in [-0.05, 0) is 20.3 Å². The molecular weight excluding hydrogens is 274 g/mol. The summed E-state index contributed by atoms with van der Waals surface area (Å²) in [6.45, 7) is 6.23. The van der Waals surface area contributed by atoms with Gasteiger partial charge in [0.05, 0.1) is 12.8 Å². The first kappa shape index (κ1) is 15.0. The van der Waals surface area contributed by atoms with Crippen LogP contribution in [0.3, 0.4) is 0 Å². The Bertz CT molecular complexity index is 587. The van der Waals surface area contributed by atoms with Gasteiger partial charge in [-0.25, -0.2) is 10.8 Å². The minimum atomic E-state index is -0.203. The number of rotatable bonds is 7. The Morgan fingerprint density at radius 2 is 2.10 bits per heavy atom. The normalized spacial score (nSPS) is 12.0. The van der Waals surface area contributed by atoms with Gasteiger partial charge in [0.15, 0.2) is 0 Å². The molecule has 0 amide bonds. The van der Waals surface area contributed by atoms with Gasteiger partial charge in [-0.15, -0.1) is 0 Å². The zero-order valence-corrected chi connectivity index (χ0v) is 12.3. The molecule has 0 bridgehead atoms. The van der Waals surface area contributed by atoms with Crippen molar-refractivity contribution in [2.45, 2.75) is 33.2 Å². The number of hydrazine groups is 1. The van der Waals surface area contributed by atoms with Crippen LogP contribution in [0.4, 0.5) is 11.9 Å². The number of aryl methyl sites for hydroxylation is 1. The highest BCUT2D eigenvalue weighted by Crippen LogP contribution is 2.18. The summed E-state index contributed by atoms with van der Waals surface area (Å²) in [6, 6.07) is 0.00355. The zero-order valence-electron chi connectivity index (χ0n) is 12.3. The lowest BCUT2D eigenvalue weighted by atomic mass is 10.3. The predicted octanol–water partition coefficient (Wildman–Crippen LogP) is 1.42. The Labute approximate surface area is 122 Å². The van der Waals surface area contributed by atoms with Gasteiger partial charge in [-0.2, -0.15) is 15.0 Å². The third-order valence-corrected chi connectivity index (χ3v) is 2.53. The van der Waals surface area contributed by atoms with Crippen LogP contribution in [-0.2, 0) is 0 Å². The van der Waals surface area contributed by atoms with E-state index in [4.69, 9.17) is 15.0 Å². The molecule has 0 saturated heterocycles. The molecular formula is C12H19N7O2. The van der Waals surface area contributed by atoms with Crippen molar-refractivity contribution in [3.63, 3.8) is 0 Å². The highest BCUT2D eigenvalue weighted by Gasteiger charge is 2.14. The van der Waals surface area contributed by atoms with Crippen molar-refractivity contribution in [3.05, 3.63) is 17.8 Å². The number of nitrogens with one attached hydrogen (secondary N) is 2. The average molecular weight is 293 g/mol.